The molecular formula is C24H21F3N8. The molecule has 1 saturated heterocycles. The number of hydrogen-bond donors (Lipinski definition) is 2. The number of para-hydroxylation sites is 2. The lowest BCUT2D eigenvalue weighted by molar-refractivity contribution is -0.0222. The minimum atomic E-state index is -2.69. The third-order valence-electron chi connectivity index (χ3n) is 6.11. The van der Waals surface area contributed by atoms with Crippen LogP contribution in [0.4, 0.5) is 24.9 Å². The van der Waals surface area contributed by atoms with Crippen LogP contribution in [-0.4, -0.2) is 48.5 Å². The standard InChI is InChI=1S/C24H21F3N8/c25-15-4-3-5-16(12-15)35-14-29-20-21(28-13-19-30-17-6-1-2-7-18(17)31-19)32-23(33-22(20)35)34-10-8-24(26,27)9-11-34/h1-7,12,14H,8-11,13H2,(H,30,31)(H,28,32,33). The van der Waals surface area contributed by atoms with Crippen LogP contribution in [0, 0.1) is 5.82 Å². The Kier molecular flexibility index (Phi) is 5.05. The molecule has 11 heteroatoms. The fourth-order valence-electron chi connectivity index (χ4n) is 4.26. The molecule has 0 bridgehead atoms. The van der Waals surface area contributed by atoms with E-state index in [1.54, 1.807) is 27.9 Å². The summed E-state index contributed by atoms with van der Waals surface area (Å²) in [5, 5.41) is 3.27. The monoisotopic (exact) mass is 478 g/mol. The van der Waals surface area contributed by atoms with Gasteiger partial charge in [-0.05, 0) is 30.3 Å². The Bertz CT molecular complexity index is 1480. The van der Waals surface area contributed by atoms with Crippen LogP contribution in [0.15, 0.2) is 54.9 Å². The first-order valence-electron chi connectivity index (χ1n) is 11.3. The maximum absolute atomic E-state index is 13.9. The van der Waals surface area contributed by atoms with Gasteiger partial charge in [-0.1, -0.05) is 18.2 Å². The summed E-state index contributed by atoms with van der Waals surface area (Å²) in [5.74, 6) is -1.61. The Morgan fingerprint density at radius 3 is 2.63 bits per heavy atom. The Hall–Kier alpha value is -4.15. The molecule has 2 N–H and O–H groups in total. The van der Waals surface area contributed by atoms with Crippen molar-refractivity contribution in [1.29, 1.82) is 0 Å². The summed E-state index contributed by atoms with van der Waals surface area (Å²) in [5.41, 5.74) is 3.25. The summed E-state index contributed by atoms with van der Waals surface area (Å²) in [6, 6.07) is 13.8. The molecule has 0 amide bonds. The molecule has 2 aromatic carbocycles. The Labute approximate surface area is 197 Å². The lowest BCUT2D eigenvalue weighted by Gasteiger charge is -2.31. The van der Waals surface area contributed by atoms with Gasteiger partial charge in [0.25, 0.3) is 5.92 Å². The van der Waals surface area contributed by atoms with Crippen molar-refractivity contribution in [1.82, 2.24) is 29.5 Å². The van der Waals surface area contributed by atoms with Crippen molar-refractivity contribution in [2.75, 3.05) is 23.3 Å². The zero-order chi connectivity index (χ0) is 24.0. The molecule has 1 fully saturated rings. The van der Waals surface area contributed by atoms with E-state index in [0.29, 0.717) is 41.0 Å². The number of fused-ring (bicyclic) bond motifs is 2. The van der Waals surface area contributed by atoms with Crippen molar-refractivity contribution >= 4 is 34.0 Å². The lowest BCUT2D eigenvalue weighted by atomic mass is 10.1. The maximum Gasteiger partial charge on any atom is 0.251 e. The fraction of sp³-hybridized carbons (Fsp3) is 0.250. The molecule has 35 heavy (non-hydrogen) atoms. The number of rotatable bonds is 5. The molecule has 0 saturated carbocycles. The van der Waals surface area contributed by atoms with Gasteiger partial charge in [0.1, 0.15) is 18.0 Å². The first-order chi connectivity index (χ1) is 16.9. The first kappa shape index (κ1) is 21.4. The van der Waals surface area contributed by atoms with Gasteiger partial charge >= 0.3 is 0 Å². The van der Waals surface area contributed by atoms with Crippen molar-refractivity contribution in [2.24, 2.45) is 0 Å². The van der Waals surface area contributed by atoms with Crippen LogP contribution in [0.25, 0.3) is 27.9 Å². The number of aromatic nitrogens is 6. The van der Waals surface area contributed by atoms with Crippen LogP contribution in [-0.2, 0) is 6.54 Å². The first-order valence-corrected chi connectivity index (χ1v) is 11.3. The molecule has 1 aliphatic heterocycles. The minimum absolute atomic E-state index is 0.135. The molecule has 0 radical (unpaired) electrons. The molecule has 4 heterocycles. The van der Waals surface area contributed by atoms with Gasteiger partial charge in [0.2, 0.25) is 5.95 Å². The number of aromatic amines is 1. The largest absolute Gasteiger partial charge is 0.361 e. The number of H-pyrrole nitrogens is 1. The van der Waals surface area contributed by atoms with E-state index in [2.05, 4.69) is 30.2 Å². The van der Waals surface area contributed by atoms with Gasteiger partial charge in [-0.3, -0.25) is 4.57 Å². The predicted molar refractivity (Wildman–Crippen MR) is 126 cm³/mol. The van der Waals surface area contributed by atoms with E-state index < -0.39 is 5.92 Å². The highest BCUT2D eigenvalue weighted by Crippen LogP contribution is 2.31. The lowest BCUT2D eigenvalue weighted by Crippen LogP contribution is -2.40. The molecule has 178 valence electrons. The summed E-state index contributed by atoms with van der Waals surface area (Å²) in [7, 11) is 0. The highest BCUT2D eigenvalue weighted by atomic mass is 19.3. The number of nitrogens with zero attached hydrogens (tertiary/aromatic N) is 6. The molecule has 0 aliphatic carbocycles. The van der Waals surface area contributed by atoms with E-state index in [-0.39, 0.29) is 31.7 Å². The molecule has 6 rings (SSSR count). The molecule has 5 aromatic rings. The number of hydrogen-bond acceptors (Lipinski definition) is 6. The number of piperidine rings is 1. The summed E-state index contributed by atoms with van der Waals surface area (Å²) in [4.78, 5) is 23.3. The number of halogens is 3. The van der Waals surface area contributed by atoms with Gasteiger partial charge < -0.3 is 15.2 Å². The van der Waals surface area contributed by atoms with Gasteiger partial charge in [0.05, 0.1) is 23.3 Å². The zero-order valence-corrected chi connectivity index (χ0v) is 18.5. The van der Waals surface area contributed by atoms with Crippen LogP contribution < -0.4 is 10.2 Å². The molecule has 0 spiro atoms. The third-order valence-corrected chi connectivity index (χ3v) is 6.11. The predicted octanol–water partition coefficient (Wildman–Crippen LogP) is 4.68. The SMILES string of the molecule is Fc1cccc(-n2cnc3c(NCc4nc5ccccc5[nH]4)nc(N4CCC(F)(F)CC4)nc32)c1. The molecule has 3 aromatic heterocycles. The number of anilines is 2. The minimum Gasteiger partial charge on any atom is -0.361 e. The quantitative estimate of drug-likeness (QED) is 0.382. The third kappa shape index (κ3) is 4.13. The van der Waals surface area contributed by atoms with E-state index in [9.17, 15) is 13.2 Å². The van der Waals surface area contributed by atoms with Crippen molar-refractivity contribution in [2.45, 2.75) is 25.3 Å². The smallest absolute Gasteiger partial charge is 0.251 e. The number of nitrogens with one attached hydrogen (secondary N) is 2. The van der Waals surface area contributed by atoms with E-state index in [1.807, 2.05) is 24.3 Å². The van der Waals surface area contributed by atoms with Crippen molar-refractivity contribution < 1.29 is 13.2 Å². The highest BCUT2D eigenvalue weighted by Gasteiger charge is 2.35. The van der Waals surface area contributed by atoms with Crippen molar-refractivity contribution in [3.63, 3.8) is 0 Å². The zero-order valence-electron chi connectivity index (χ0n) is 18.5. The molecule has 0 unspecified atom stereocenters. The second-order valence-corrected chi connectivity index (χ2v) is 8.54. The van der Waals surface area contributed by atoms with E-state index in [0.717, 1.165) is 11.0 Å². The Morgan fingerprint density at radius 2 is 1.83 bits per heavy atom. The second kappa shape index (κ2) is 8.26. The summed E-state index contributed by atoms with van der Waals surface area (Å²) in [6.07, 6.45) is 1.02. The van der Waals surface area contributed by atoms with Crippen molar-refractivity contribution in [3.8, 4) is 5.69 Å². The van der Waals surface area contributed by atoms with Crippen molar-refractivity contribution in [3.05, 3.63) is 66.5 Å². The average Bonchev–Trinajstić information content (AvgIpc) is 3.46. The molecule has 8 nitrogen and oxygen atoms in total. The van der Waals surface area contributed by atoms with Gasteiger partial charge in [-0.15, -0.1) is 0 Å². The summed E-state index contributed by atoms with van der Waals surface area (Å²) >= 11 is 0. The van der Waals surface area contributed by atoms with E-state index in [1.165, 1.54) is 12.1 Å². The van der Waals surface area contributed by atoms with Gasteiger partial charge in [0.15, 0.2) is 17.0 Å². The van der Waals surface area contributed by atoms with Gasteiger partial charge in [-0.2, -0.15) is 9.97 Å². The Balaban J connectivity index is 1.39. The van der Waals surface area contributed by atoms with E-state index >= 15 is 0 Å². The van der Waals surface area contributed by atoms with Crippen LogP contribution in [0.1, 0.15) is 18.7 Å². The number of benzene rings is 2. The van der Waals surface area contributed by atoms with Gasteiger partial charge in [0, 0.05) is 25.9 Å². The highest BCUT2D eigenvalue weighted by molar-refractivity contribution is 5.85. The van der Waals surface area contributed by atoms with Crippen LogP contribution in [0.3, 0.4) is 0 Å². The maximum atomic E-state index is 13.9. The van der Waals surface area contributed by atoms with Crippen LogP contribution in [0.2, 0.25) is 0 Å². The normalized spacial score (nSPS) is 15.7. The summed E-state index contributed by atoms with van der Waals surface area (Å²) in [6.45, 7) is 0.608. The summed E-state index contributed by atoms with van der Waals surface area (Å²) < 4.78 is 43.1. The average molecular weight is 478 g/mol. The Morgan fingerprint density at radius 1 is 1.00 bits per heavy atom. The fourth-order valence-corrected chi connectivity index (χ4v) is 4.26. The molecular weight excluding hydrogens is 457 g/mol. The molecule has 1 aliphatic rings. The second-order valence-electron chi connectivity index (χ2n) is 8.54. The number of imidazole rings is 2. The topological polar surface area (TPSA) is 87.5 Å². The van der Waals surface area contributed by atoms with Gasteiger partial charge in [-0.25, -0.2) is 23.1 Å². The van der Waals surface area contributed by atoms with E-state index in [4.69, 9.17) is 0 Å². The van der Waals surface area contributed by atoms with Crippen LogP contribution >= 0.6 is 0 Å². The number of alkyl halides is 2. The van der Waals surface area contributed by atoms with Crippen LogP contribution in [0.5, 0.6) is 0 Å². The molecule has 0 atom stereocenters.